The number of amides is 1. The molecular weight excluding hydrogens is 390 g/mol. The topological polar surface area (TPSA) is 130 Å². The first-order chi connectivity index (χ1) is 13.2. The van der Waals surface area contributed by atoms with Gasteiger partial charge < -0.3 is 14.2 Å². The van der Waals surface area contributed by atoms with Crippen molar-refractivity contribution in [2.75, 3.05) is 45.2 Å². The summed E-state index contributed by atoms with van der Waals surface area (Å²) < 4.78 is 32.0. The van der Waals surface area contributed by atoms with Crippen LogP contribution >= 0.6 is 0 Å². The summed E-state index contributed by atoms with van der Waals surface area (Å²) in [5.41, 5.74) is -0.106. The lowest BCUT2D eigenvalue weighted by Gasteiger charge is -2.34. The Balaban J connectivity index is 1.68. The molecule has 1 aliphatic rings. The molecule has 0 aromatic carbocycles. The molecule has 0 radical (unpaired) electrons. The molecular formula is C16H19N5O6S. The summed E-state index contributed by atoms with van der Waals surface area (Å²) in [4.78, 5) is 29.3. The standard InChI is InChI=1S/C16H19N5O6S/c1-18(2)16(22)13-4-6-15(27-13)28(25,26)20-9-7-19(8-10-20)14-5-3-12(11-17-14)21(23)24/h3-6,11H,7-10H2,1-2H3. The molecule has 3 heterocycles. The minimum Gasteiger partial charge on any atom is -0.438 e. The van der Waals surface area contributed by atoms with Crippen molar-refractivity contribution in [2.24, 2.45) is 0 Å². The van der Waals surface area contributed by atoms with E-state index in [1.165, 1.54) is 39.7 Å². The van der Waals surface area contributed by atoms with Crippen LogP contribution in [0.1, 0.15) is 10.6 Å². The van der Waals surface area contributed by atoms with Crippen LogP contribution in [0.4, 0.5) is 11.5 Å². The summed E-state index contributed by atoms with van der Waals surface area (Å²) in [7, 11) is -0.772. The fourth-order valence-corrected chi connectivity index (χ4v) is 4.09. The Bertz CT molecular complexity index is 977. The Labute approximate surface area is 161 Å². The van der Waals surface area contributed by atoms with Crippen LogP contribution in [-0.2, 0) is 10.0 Å². The van der Waals surface area contributed by atoms with Crippen LogP contribution in [0.15, 0.2) is 40.0 Å². The number of hydrogen-bond acceptors (Lipinski definition) is 8. The van der Waals surface area contributed by atoms with Crippen molar-refractivity contribution in [3.8, 4) is 0 Å². The van der Waals surface area contributed by atoms with Crippen LogP contribution in [0.3, 0.4) is 0 Å². The highest BCUT2D eigenvalue weighted by Gasteiger charge is 2.32. The molecule has 0 unspecified atom stereocenters. The van der Waals surface area contributed by atoms with Crippen LogP contribution in [0.25, 0.3) is 0 Å². The number of aromatic nitrogens is 1. The Hall–Kier alpha value is -2.99. The molecule has 2 aromatic rings. The van der Waals surface area contributed by atoms with Crippen molar-refractivity contribution < 1.29 is 22.6 Å². The molecule has 1 aliphatic heterocycles. The Morgan fingerprint density at radius 2 is 1.86 bits per heavy atom. The molecule has 3 rings (SSSR count). The molecule has 0 spiro atoms. The second-order valence-electron chi connectivity index (χ2n) is 6.34. The molecule has 11 nitrogen and oxygen atoms in total. The molecule has 0 saturated carbocycles. The Kier molecular flexibility index (Phi) is 5.34. The second kappa shape index (κ2) is 7.56. The molecule has 12 heteroatoms. The third-order valence-electron chi connectivity index (χ3n) is 4.30. The van der Waals surface area contributed by atoms with Gasteiger partial charge >= 0.3 is 0 Å². The van der Waals surface area contributed by atoms with Gasteiger partial charge in [-0.1, -0.05) is 0 Å². The van der Waals surface area contributed by atoms with Crippen molar-refractivity contribution in [1.82, 2.24) is 14.2 Å². The van der Waals surface area contributed by atoms with Gasteiger partial charge in [-0.25, -0.2) is 13.4 Å². The van der Waals surface area contributed by atoms with Crippen LogP contribution in [0, 0.1) is 10.1 Å². The summed E-state index contributed by atoms with van der Waals surface area (Å²) in [5.74, 6) is 0.0762. The average Bonchev–Trinajstić information content (AvgIpc) is 3.18. The van der Waals surface area contributed by atoms with E-state index in [-0.39, 0.29) is 29.6 Å². The summed E-state index contributed by atoms with van der Waals surface area (Å²) in [6, 6.07) is 5.51. The number of carbonyl (C=O) groups is 1. The van der Waals surface area contributed by atoms with E-state index in [1.807, 2.05) is 4.90 Å². The van der Waals surface area contributed by atoms with Crippen LogP contribution in [-0.4, -0.2) is 73.7 Å². The van der Waals surface area contributed by atoms with Gasteiger partial charge in [-0.05, 0) is 18.2 Å². The zero-order valence-corrected chi connectivity index (χ0v) is 16.1. The number of piperazine rings is 1. The maximum absolute atomic E-state index is 12.8. The maximum Gasteiger partial charge on any atom is 0.289 e. The molecule has 0 atom stereocenters. The van der Waals surface area contributed by atoms with Crippen molar-refractivity contribution in [1.29, 1.82) is 0 Å². The highest BCUT2D eigenvalue weighted by molar-refractivity contribution is 7.89. The zero-order chi connectivity index (χ0) is 20.5. The van der Waals surface area contributed by atoms with E-state index < -0.39 is 20.9 Å². The number of rotatable bonds is 5. The number of anilines is 1. The maximum atomic E-state index is 12.8. The molecule has 0 N–H and O–H groups in total. The SMILES string of the molecule is CN(C)C(=O)c1ccc(S(=O)(=O)N2CCN(c3ccc([N+](=O)[O-])cn3)CC2)o1. The third kappa shape index (κ3) is 3.82. The number of hydrogen-bond donors (Lipinski definition) is 0. The van der Waals surface area contributed by atoms with Crippen molar-refractivity contribution >= 4 is 27.4 Å². The van der Waals surface area contributed by atoms with E-state index >= 15 is 0 Å². The average molecular weight is 409 g/mol. The predicted octanol–water partition coefficient (Wildman–Crippen LogP) is 0.796. The first-order valence-electron chi connectivity index (χ1n) is 8.37. The van der Waals surface area contributed by atoms with Crippen LogP contribution < -0.4 is 4.90 Å². The predicted molar refractivity (Wildman–Crippen MR) is 98.6 cm³/mol. The Morgan fingerprint density at radius 3 is 2.39 bits per heavy atom. The highest BCUT2D eigenvalue weighted by Crippen LogP contribution is 2.23. The van der Waals surface area contributed by atoms with Crippen LogP contribution in [0.2, 0.25) is 0 Å². The van der Waals surface area contributed by atoms with Gasteiger partial charge in [0.15, 0.2) is 5.76 Å². The monoisotopic (exact) mass is 409 g/mol. The third-order valence-corrected chi connectivity index (χ3v) is 6.07. The van der Waals surface area contributed by atoms with Gasteiger partial charge in [0, 0.05) is 46.3 Å². The number of furan rings is 1. The molecule has 28 heavy (non-hydrogen) atoms. The molecule has 150 valence electrons. The number of carbonyl (C=O) groups excluding carboxylic acids is 1. The molecule has 1 amide bonds. The largest absolute Gasteiger partial charge is 0.438 e. The fourth-order valence-electron chi connectivity index (χ4n) is 2.75. The lowest BCUT2D eigenvalue weighted by Crippen LogP contribution is -2.48. The normalized spacial score (nSPS) is 15.4. The van der Waals surface area contributed by atoms with E-state index in [4.69, 9.17) is 4.42 Å². The van der Waals surface area contributed by atoms with E-state index in [9.17, 15) is 23.3 Å². The van der Waals surface area contributed by atoms with E-state index in [0.29, 0.717) is 18.9 Å². The van der Waals surface area contributed by atoms with Crippen molar-refractivity contribution in [3.63, 3.8) is 0 Å². The second-order valence-corrected chi connectivity index (χ2v) is 8.21. The molecule has 1 saturated heterocycles. The van der Waals surface area contributed by atoms with Gasteiger partial charge in [-0.3, -0.25) is 14.9 Å². The summed E-state index contributed by atoms with van der Waals surface area (Å²) in [6.45, 7) is 1.12. The minimum absolute atomic E-state index is 0.0442. The lowest BCUT2D eigenvalue weighted by atomic mass is 10.3. The molecule has 0 aliphatic carbocycles. The van der Waals surface area contributed by atoms with E-state index in [2.05, 4.69) is 4.98 Å². The van der Waals surface area contributed by atoms with Gasteiger partial charge in [0.1, 0.15) is 12.0 Å². The number of sulfonamides is 1. The lowest BCUT2D eigenvalue weighted by molar-refractivity contribution is -0.385. The number of nitro groups is 1. The van der Waals surface area contributed by atoms with Crippen LogP contribution in [0.5, 0.6) is 0 Å². The molecule has 1 fully saturated rings. The van der Waals surface area contributed by atoms with Gasteiger partial charge in [-0.15, -0.1) is 0 Å². The van der Waals surface area contributed by atoms with Gasteiger partial charge in [0.2, 0.25) is 5.09 Å². The highest BCUT2D eigenvalue weighted by atomic mass is 32.2. The summed E-state index contributed by atoms with van der Waals surface area (Å²) >= 11 is 0. The first kappa shape index (κ1) is 19.8. The fraction of sp³-hybridized carbons (Fsp3) is 0.375. The van der Waals surface area contributed by atoms with E-state index in [0.717, 1.165) is 0 Å². The number of pyridine rings is 1. The zero-order valence-electron chi connectivity index (χ0n) is 15.3. The van der Waals surface area contributed by atoms with Gasteiger partial charge in [0.05, 0.1) is 4.92 Å². The van der Waals surface area contributed by atoms with Crippen molar-refractivity contribution in [3.05, 3.63) is 46.3 Å². The van der Waals surface area contributed by atoms with Crippen molar-refractivity contribution in [2.45, 2.75) is 5.09 Å². The number of nitrogens with zero attached hydrogens (tertiary/aromatic N) is 5. The first-order valence-corrected chi connectivity index (χ1v) is 9.81. The Morgan fingerprint density at radius 1 is 1.18 bits per heavy atom. The quantitative estimate of drug-likeness (QED) is 0.523. The smallest absolute Gasteiger partial charge is 0.289 e. The molecule has 0 bridgehead atoms. The minimum atomic E-state index is -3.86. The van der Waals surface area contributed by atoms with Gasteiger partial charge in [-0.2, -0.15) is 4.31 Å². The summed E-state index contributed by atoms with van der Waals surface area (Å²) in [6.07, 6.45) is 1.17. The van der Waals surface area contributed by atoms with Gasteiger partial charge in [0.25, 0.3) is 21.6 Å². The summed E-state index contributed by atoms with van der Waals surface area (Å²) in [5, 5.41) is 10.4. The van der Waals surface area contributed by atoms with E-state index in [1.54, 1.807) is 14.1 Å². The molecule has 2 aromatic heterocycles.